The predicted molar refractivity (Wildman–Crippen MR) is 48.6 cm³/mol. The summed E-state index contributed by atoms with van der Waals surface area (Å²) in [6.45, 7) is 0. The molecule has 0 spiro atoms. The summed E-state index contributed by atoms with van der Waals surface area (Å²) in [7, 11) is 0. The highest BCUT2D eigenvalue weighted by Gasteiger charge is 1.95. The van der Waals surface area contributed by atoms with Gasteiger partial charge in [-0.3, -0.25) is 0 Å². The van der Waals surface area contributed by atoms with E-state index in [0.717, 1.165) is 5.75 Å². The number of thiazole rings is 1. The summed E-state index contributed by atoms with van der Waals surface area (Å²) in [5.41, 5.74) is 1.75. The molecule has 60 valence electrons. The van der Waals surface area contributed by atoms with Gasteiger partial charge in [0, 0.05) is 0 Å². The lowest BCUT2D eigenvalue weighted by molar-refractivity contribution is 0.466. The second-order valence-electron chi connectivity index (χ2n) is 2.24. The van der Waals surface area contributed by atoms with Crippen LogP contribution in [0, 0.1) is 0 Å². The molecule has 0 radical (unpaired) electrons. The van der Waals surface area contributed by atoms with Gasteiger partial charge in [-0.15, -0.1) is 11.3 Å². The highest BCUT2D eigenvalue weighted by atomic mass is 32.1. The van der Waals surface area contributed by atoms with Crippen LogP contribution in [0.4, 0.5) is 0 Å². The zero-order valence-electron chi connectivity index (χ0n) is 6.31. The number of para-hydroxylation sites is 1. The van der Waals surface area contributed by atoms with Gasteiger partial charge in [0.25, 0.3) is 0 Å². The first-order valence-electron chi connectivity index (χ1n) is 3.56. The minimum atomic E-state index is 0.659. The Balaban J connectivity index is 2.15. The van der Waals surface area contributed by atoms with Gasteiger partial charge in [0.1, 0.15) is 5.75 Å². The Bertz CT molecular complexity index is 331. The van der Waals surface area contributed by atoms with E-state index in [0.29, 0.717) is 5.88 Å². The molecule has 1 heterocycles. The van der Waals surface area contributed by atoms with Gasteiger partial charge in [-0.2, -0.15) is 0 Å². The summed E-state index contributed by atoms with van der Waals surface area (Å²) >= 11 is 1.52. The average Bonchev–Trinajstić information content (AvgIpc) is 2.59. The van der Waals surface area contributed by atoms with Crippen LogP contribution in [-0.2, 0) is 0 Å². The number of benzene rings is 1. The molecule has 0 bridgehead atoms. The van der Waals surface area contributed by atoms with Crippen LogP contribution in [0.1, 0.15) is 0 Å². The molecule has 0 aliphatic carbocycles. The summed E-state index contributed by atoms with van der Waals surface area (Å²) in [6.07, 6.45) is 0. The van der Waals surface area contributed by atoms with Gasteiger partial charge in [0.15, 0.2) is 0 Å². The van der Waals surface area contributed by atoms with Crippen molar-refractivity contribution in [2.75, 3.05) is 0 Å². The van der Waals surface area contributed by atoms with Crippen molar-refractivity contribution >= 4 is 11.3 Å². The van der Waals surface area contributed by atoms with Crippen LogP contribution in [0.25, 0.3) is 0 Å². The van der Waals surface area contributed by atoms with Gasteiger partial charge >= 0.3 is 0 Å². The third-order valence-electron chi connectivity index (χ3n) is 1.38. The minimum absolute atomic E-state index is 0.659. The molecule has 12 heavy (non-hydrogen) atoms. The Labute approximate surface area is 74.5 Å². The molecule has 1 aromatic carbocycles. The van der Waals surface area contributed by atoms with Crippen molar-refractivity contribution in [1.29, 1.82) is 0 Å². The van der Waals surface area contributed by atoms with Crippen LogP contribution in [0.5, 0.6) is 11.6 Å². The summed E-state index contributed by atoms with van der Waals surface area (Å²) in [6, 6.07) is 9.62. The summed E-state index contributed by atoms with van der Waals surface area (Å²) in [4.78, 5) is 4.01. The number of aromatic nitrogens is 1. The topological polar surface area (TPSA) is 22.1 Å². The largest absolute Gasteiger partial charge is 0.438 e. The average molecular weight is 177 g/mol. The molecule has 2 aromatic rings. The van der Waals surface area contributed by atoms with Crippen molar-refractivity contribution in [3.8, 4) is 11.6 Å². The van der Waals surface area contributed by atoms with E-state index in [1.54, 1.807) is 5.51 Å². The van der Waals surface area contributed by atoms with Crippen molar-refractivity contribution in [1.82, 2.24) is 4.98 Å². The highest BCUT2D eigenvalue weighted by Crippen LogP contribution is 2.19. The predicted octanol–water partition coefficient (Wildman–Crippen LogP) is 2.94. The molecular formula is C9H7NOS. The Morgan fingerprint density at radius 3 is 2.67 bits per heavy atom. The molecule has 0 saturated carbocycles. The Hall–Kier alpha value is -1.35. The lowest BCUT2D eigenvalue weighted by atomic mass is 10.3. The van der Waals surface area contributed by atoms with Crippen molar-refractivity contribution in [3.05, 3.63) is 41.2 Å². The minimum Gasteiger partial charge on any atom is -0.438 e. The molecule has 1 aromatic heterocycles. The second kappa shape index (κ2) is 3.36. The van der Waals surface area contributed by atoms with Gasteiger partial charge in [0.2, 0.25) is 5.88 Å². The number of hydrogen-bond acceptors (Lipinski definition) is 3. The number of nitrogens with zero attached hydrogens (tertiary/aromatic N) is 1. The molecule has 0 amide bonds. The van der Waals surface area contributed by atoms with E-state index in [1.807, 2.05) is 35.7 Å². The normalized spacial score (nSPS) is 9.67. The Morgan fingerprint density at radius 2 is 2.00 bits per heavy atom. The number of ether oxygens (including phenoxy) is 1. The molecular weight excluding hydrogens is 170 g/mol. The first kappa shape index (κ1) is 7.31. The van der Waals surface area contributed by atoms with E-state index in [4.69, 9.17) is 4.74 Å². The lowest BCUT2D eigenvalue weighted by Crippen LogP contribution is -1.81. The van der Waals surface area contributed by atoms with E-state index >= 15 is 0 Å². The maximum absolute atomic E-state index is 5.42. The standard InChI is InChI=1S/C9H7NOS/c1-2-4-8(5-3-1)11-9-6-12-7-10-9/h1-7H. The zero-order valence-corrected chi connectivity index (χ0v) is 7.12. The molecule has 2 rings (SSSR count). The van der Waals surface area contributed by atoms with E-state index in [1.165, 1.54) is 11.3 Å². The van der Waals surface area contributed by atoms with E-state index in [-0.39, 0.29) is 0 Å². The monoisotopic (exact) mass is 177 g/mol. The molecule has 0 unspecified atom stereocenters. The molecule has 0 N–H and O–H groups in total. The van der Waals surface area contributed by atoms with Crippen LogP contribution >= 0.6 is 11.3 Å². The van der Waals surface area contributed by atoms with Gasteiger partial charge in [-0.25, -0.2) is 4.98 Å². The van der Waals surface area contributed by atoms with Crippen LogP contribution in [0.15, 0.2) is 41.2 Å². The Kier molecular flexibility index (Phi) is 2.05. The third kappa shape index (κ3) is 1.62. The molecule has 0 aliphatic heterocycles. The SMILES string of the molecule is c1ccc(Oc2cscn2)cc1. The maximum atomic E-state index is 5.42. The van der Waals surface area contributed by atoms with Gasteiger partial charge in [0.05, 0.1) is 10.9 Å². The van der Waals surface area contributed by atoms with Gasteiger partial charge in [-0.1, -0.05) is 18.2 Å². The molecule has 3 heteroatoms. The fourth-order valence-corrected chi connectivity index (χ4v) is 1.31. The quantitative estimate of drug-likeness (QED) is 0.703. The number of rotatable bonds is 2. The van der Waals surface area contributed by atoms with Crippen molar-refractivity contribution < 1.29 is 4.74 Å². The van der Waals surface area contributed by atoms with Crippen LogP contribution in [0.3, 0.4) is 0 Å². The summed E-state index contributed by atoms with van der Waals surface area (Å²) in [5, 5.41) is 1.87. The Morgan fingerprint density at radius 1 is 1.17 bits per heavy atom. The van der Waals surface area contributed by atoms with Gasteiger partial charge in [-0.05, 0) is 12.1 Å². The fraction of sp³-hybridized carbons (Fsp3) is 0. The highest BCUT2D eigenvalue weighted by molar-refractivity contribution is 7.07. The van der Waals surface area contributed by atoms with Crippen LogP contribution in [0.2, 0.25) is 0 Å². The first-order valence-corrected chi connectivity index (χ1v) is 4.50. The van der Waals surface area contributed by atoms with E-state index in [9.17, 15) is 0 Å². The molecule has 0 atom stereocenters. The fourth-order valence-electron chi connectivity index (χ4n) is 0.861. The number of hydrogen-bond donors (Lipinski definition) is 0. The van der Waals surface area contributed by atoms with Crippen LogP contribution in [-0.4, -0.2) is 4.98 Å². The van der Waals surface area contributed by atoms with E-state index in [2.05, 4.69) is 4.98 Å². The maximum Gasteiger partial charge on any atom is 0.230 e. The first-order chi connectivity index (χ1) is 5.95. The van der Waals surface area contributed by atoms with Gasteiger partial charge < -0.3 is 4.74 Å². The summed E-state index contributed by atoms with van der Waals surface area (Å²) in [5.74, 6) is 1.48. The molecule has 0 saturated heterocycles. The van der Waals surface area contributed by atoms with Crippen molar-refractivity contribution in [3.63, 3.8) is 0 Å². The van der Waals surface area contributed by atoms with Crippen molar-refractivity contribution in [2.45, 2.75) is 0 Å². The smallest absolute Gasteiger partial charge is 0.230 e. The second-order valence-corrected chi connectivity index (χ2v) is 2.96. The third-order valence-corrected chi connectivity index (χ3v) is 1.94. The molecule has 0 aliphatic rings. The molecule has 0 fully saturated rings. The van der Waals surface area contributed by atoms with Crippen molar-refractivity contribution in [2.24, 2.45) is 0 Å². The van der Waals surface area contributed by atoms with Crippen LogP contribution < -0.4 is 4.74 Å². The summed E-state index contributed by atoms with van der Waals surface area (Å²) < 4.78 is 5.42. The lowest BCUT2D eigenvalue weighted by Gasteiger charge is -1.99. The molecule has 2 nitrogen and oxygen atoms in total. The van der Waals surface area contributed by atoms with E-state index < -0.39 is 0 Å². The zero-order chi connectivity index (χ0) is 8.23.